The van der Waals surface area contributed by atoms with Crippen LogP contribution in [0.25, 0.3) is 0 Å². The maximum atomic E-state index is 12.5. The van der Waals surface area contributed by atoms with Gasteiger partial charge in [0.2, 0.25) is 0 Å². The first-order chi connectivity index (χ1) is 9.11. The number of hydrogen-bond acceptors (Lipinski definition) is 2. The van der Waals surface area contributed by atoms with E-state index in [4.69, 9.17) is 0 Å². The van der Waals surface area contributed by atoms with Crippen LogP contribution in [0, 0.1) is 13.8 Å². The lowest BCUT2D eigenvalue weighted by molar-refractivity contribution is 0.0926. The number of anilines is 1. The predicted molar refractivity (Wildman–Crippen MR) is 73.5 cm³/mol. The van der Waals surface area contributed by atoms with Crippen molar-refractivity contribution in [2.45, 2.75) is 13.8 Å². The maximum Gasteiger partial charge on any atom is 0.266 e. The van der Waals surface area contributed by atoms with Gasteiger partial charge in [-0.2, -0.15) is 0 Å². The molecule has 2 aromatic rings. The monoisotopic (exact) mass is 251 g/mol. The molecule has 0 saturated carbocycles. The van der Waals surface area contributed by atoms with E-state index in [0.29, 0.717) is 16.8 Å². The summed E-state index contributed by atoms with van der Waals surface area (Å²) >= 11 is 0. The quantitative estimate of drug-likeness (QED) is 0.730. The van der Waals surface area contributed by atoms with E-state index in [1.54, 1.807) is 12.1 Å². The molecule has 1 aliphatic rings. The fourth-order valence-corrected chi connectivity index (χ4v) is 2.49. The van der Waals surface area contributed by atoms with E-state index in [-0.39, 0.29) is 11.8 Å². The van der Waals surface area contributed by atoms with Crippen molar-refractivity contribution in [2.24, 2.45) is 0 Å². The van der Waals surface area contributed by atoms with Gasteiger partial charge in [0.05, 0.1) is 16.8 Å². The van der Waals surface area contributed by atoms with Gasteiger partial charge in [-0.05, 0) is 37.1 Å². The number of carbonyl (C=O) groups is 2. The fourth-order valence-electron chi connectivity index (χ4n) is 2.49. The highest BCUT2D eigenvalue weighted by atomic mass is 16.2. The Morgan fingerprint density at radius 2 is 1.21 bits per heavy atom. The average molecular weight is 251 g/mol. The maximum absolute atomic E-state index is 12.5. The molecule has 0 fully saturated rings. The van der Waals surface area contributed by atoms with Gasteiger partial charge in [-0.3, -0.25) is 9.59 Å². The third-order valence-electron chi connectivity index (χ3n) is 3.47. The lowest BCUT2D eigenvalue weighted by Gasteiger charge is -2.13. The molecule has 2 amide bonds. The Morgan fingerprint density at radius 1 is 0.737 bits per heavy atom. The number of aryl methyl sites for hydroxylation is 2. The molecule has 0 saturated heterocycles. The number of benzene rings is 2. The van der Waals surface area contributed by atoms with E-state index in [9.17, 15) is 9.59 Å². The van der Waals surface area contributed by atoms with E-state index in [1.165, 1.54) is 4.90 Å². The van der Waals surface area contributed by atoms with E-state index in [0.717, 1.165) is 11.1 Å². The number of amides is 2. The van der Waals surface area contributed by atoms with Crippen molar-refractivity contribution in [3.63, 3.8) is 0 Å². The Kier molecular flexibility index (Phi) is 2.49. The summed E-state index contributed by atoms with van der Waals surface area (Å²) in [7, 11) is 0. The predicted octanol–water partition coefficient (Wildman–Crippen LogP) is 3.10. The van der Waals surface area contributed by atoms with Crippen molar-refractivity contribution in [3.8, 4) is 0 Å². The summed E-state index contributed by atoms with van der Waals surface area (Å²) in [6.07, 6.45) is 0. The Hall–Kier alpha value is -2.42. The molecule has 94 valence electrons. The molecule has 0 radical (unpaired) electrons. The summed E-state index contributed by atoms with van der Waals surface area (Å²) < 4.78 is 0. The molecule has 0 aliphatic carbocycles. The SMILES string of the molecule is Cc1ccc(C)c2c1C(=O)N(c1ccccc1)C2=O. The average Bonchev–Trinajstić information content (AvgIpc) is 2.68. The van der Waals surface area contributed by atoms with Crippen LogP contribution >= 0.6 is 0 Å². The van der Waals surface area contributed by atoms with Crippen LogP contribution in [0.5, 0.6) is 0 Å². The zero-order valence-corrected chi connectivity index (χ0v) is 10.8. The van der Waals surface area contributed by atoms with Gasteiger partial charge in [-0.25, -0.2) is 4.90 Å². The van der Waals surface area contributed by atoms with Crippen LogP contribution < -0.4 is 4.90 Å². The number of hydrogen-bond donors (Lipinski definition) is 0. The van der Waals surface area contributed by atoms with E-state index >= 15 is 0 Å². The second-order valence-corrected chi connectivity index (χ2v) is 4.73. The van der Waals surface area contributed by atoms with Crippen LogP contribution in [0.2, 0.25) is 0 Å². The number of para-hydroxylation sites is 1. The van der Waals surface area contributed by atoms with Crippen LogP contribution in [-0.2, 0) is 0 Å². The largest absolute Gasteiger partial charge is 0.268 e. The number of rotatable bonds is 1. The molecule has 19 heavy (non-hydrogen) atoms. The van der Waals surface area contributed by atoms with Crippen LogP contribution in [0.1, 0.15) is 31.8 Å². The highest BCUT2D eigenvalue weighted by molar-refractivity contribution is 6.35. The minimum atomic E-state index is -0.229. The molecule has 2 aromatic carbocycles. The summed E-state index contributed by atoms with van der Waals surface area (Å²) in [5, 5.41) is 0. The molecule has 3 rings (SSSR count). The van der Waals surface area contributed by atoms with Crippen LogP contribution in [0.3, 0.4) is 0 Å². The molecule has 0 unspecified atom stereocenters. The number of imide groups is 1. The second kappa shape index (κ2) is 4.05. The van der Waals surface area contributed by atoms with E-state index in [2.05, 4.69) is 0 Å². The summed E-state index contributed by atoms with van der Waals surface area (Å²) in [6, 6.07) is 12.8. The Labute approximate surface area is 111 Å². The van der Waals surface area contributed by atoms with Crippen molar-refractivity contribution < 1.29 is 9.59 Å². The van der Waals surface area contributed by atoms with E-state index in [1.807, 2.05) is 44.2 Å². The Balaban J connectivity index is 2.21. The first-order valence-corrected chi connectivity index (χ1v) is 6.15. The highest BCUT2D eigenvalue weighted by Crippen LogP contribution is 2.31. The fraction of sp³-hybridized carbons (Fsp3) is 0.125. The molecule has 0 aromatic heterocycles. The molecule has 0 bridgehead atoms. The van der Waals surface area contributed by atoms with Crippen LogP contribution in [-0.4, -0.2) is 11.8 Å². The molecule has 0 N–H and O–H groups in total. The second-order valence-electron chi connectivity index (χ2n) is 4.73. The minimum absolute atomic E-state index is 0.229. The molecule has 0 atom stereocenters. The lowest BCUT2D eigenvalue weighted by atomic mass is 9.99. The Bertz CT molecular complexity index is 648. The molecule has 1 heterocycles. The highest BCUT2D eigenvalue weighted by Gasteiger charge is 2.38. The topological polar surface area (TPSA) is 37.4 Å². The summed E-state index contributed by atoms with van der Waals surface area (Å²) in [4.78, 5) is 26.2. The molecular formula is C16H13NO2. The van der Waals surface area contributed by atoms with Gasteiger partial charge < -0.3 is 0 Å². The van der Waals surface area contributed by atoms with Gasteiger partial charge in [0, 0.05) is 0 Å². The normalized spacial score (nSPS) is 13.9. The molecule has 1 aliphatic heterocycles. The van der Waals surface area contributed by atoms with Crippen LogP contribution in [0.15, 0.2) is 42.5 Å². The molecule has 0 spiro atoms. The van der Waals surface area contributed by atoms with Gasteiger partial charge in [0.1, 0.15) is 0 Å². The van der Waals surface area contributed by atoms with Gasteiger partial charge in [-0.15, -0.1) is 0 Å². The summed E-state index contributed by atoms with van der Waals surface area (Å²) in [5.74, 6) is -0.459. The van der Waals surface area contributed by atoms with Crippen molar-refractivity contribution >= 4 is 17.5 Å². The number of fused-ring (bicyclic) bond motifs is 1. The molecule has 3 nitrogen and oxygen atoms in total. The standard InChI is InChI=1S/C16H13NO2/c1-10-8-9-11(2)14-13(10)15(18)17(16(14)19)12-6-4-3-5-7-12/h3-9H,1-2H3. The first kappa shape index (κ1) is 11.7. The number of nitrogens with zero attached hydrogens (tertiary/aromatic N) is 1. The van der Waals surface area contributed by atoms with Crippen molar-refractivity contribution in [3.05, 3.63) is 64.7 Å². The van der Waals surface area contributed by atoms with E-state index < -0.39 is 0 Å². The van der Waals surface area contributed by atoms with Gasteiger partial charge in [0.15, 0.2) is 0 Å². The van der Waals surface area contributed by atoms with Crippen molar-refractivity contribution in [1.82, 2.24) is 0 Å². The van der Waals surface area contributed by atoms with Crippen LogP contribution in [0.4, 0.5) is 5.69 Å². The third-order valence-corrected chi connectivity index (χ3v) is 3.47. The lowest BCUT2D eigenvalue weighted by Crippen LogP contribution is -2.29. The van der Waals surface area contributed by atoms with Gasteiger partial charge in [0.25, 0.3) is 11.8 Å². The molecular weight excluding hydrogens is 238 g/mol. The smallest absolute Gasteiger partial charge is 0.266 e. The van der Waals surface area contributed by atoms with Gasteiger partial charge >= 0.3 is 0 Å². The Morgan fingerprint density at radius 3 is 1.68 bits per heavy atom. The first-order valence-electron chi connectivity index (χ1n) is 6.15. The van der Waals surface area contributed by atoms with Crippen molar-refractivity contribution in [2.75, 3.05) is 4.90 Å². The van der Waals surface area contributed by atoms with Crippen molar-refractivity contribution in [1.29, 1.82) is 0 Å². The number of carbonyl (C=O) groups excluding carboxylic acids is 2. The zero-order chi connectivity index (χ0) is 13.6. The van der Waals surface area contributed by atoms with Gasteiger partial charge in [-0.1, -0.05) is 30.3 Å². The summed E-state index contributed by atoms with van der Waals surface area (Å²) in [5.41, 5.74) is 3.38. The summed E-state index contributed by atoms with van der Waals surface area (Å²) in [6.45, 7) is 3.72. The zero-order valence-electron chi connectivity index (χ0n) is 10.8. The third kappa shape index (κ3) is 1.58. The molecule has 3 heteroatoms. The minimum Gasteiger partial charge on any atom is -0.268 e.